The van der Waals surface area contributed by atoms with Crippen LogP contribution >= 0.6 is 0 Å². The summed E-state index contributed by atoms with van der Waals surface area (Å²) in [6.45, 7) is 3.77. The third-order valence-electron chi connectivity index (χ3n) is 4.86. The first-order valence-electron chi connectivity index (χ1n) is 8.95. The van der Waals surface area contributed by atoms with E-state index in [1.807, 2.05) is 29.3 Å². The molecule has 1 atom stereocenters. The number of rotatable bonds is 4. The number of aromatic nitrogens is 3. The molecule has 4 rings (SSSR count). The van der Waals surface area contributed by atoms with Crippen LogP contribution in [0.2, 0.25) is 0 Å². The lowest BCUT2D eigenvalue weighted by Crippen LogP contribution is -2.39. The average Bonchev–Trinajstić information content (AvgIpc) is 3.26. The molecule has 1 saturated heterocycles. The SMILES string of the molecule is Cc1nc2ccc(C(=O)N3CCCC(c4ccn(CCO)n4)C3)cc2o1. The monoisotopic (exact) mass is 354 g/mol. The number of nitrogens with zero attached hydrogens (tertiary/aromatic N) is 4. The number of oxazole rings is 1. The molecular formula is C19H22N4O3. The number of hydrogen-bond donors (Lipinski definition) is 1. The van der Waals surface area contributed by atoms with Crippen LogP contribution in [0.1, 0.15) is 40.7 Å². The molecule has 1 aliphatic rings. The lowest BCUT2D eigenvalue weighted by Gasteiger charge is -2.32. The largest absolute Gasteiger partial charge is 0.441 e. The van der Waals surface area contributed by atoms with E-state index in [2.05, 4.69) is 10.1 Å². The molecule has 136 valence electrons. The molecule has 26 heavy (non-hydrogen) atoms. The molecule has 7 nitrogen and oxygen atoms in total. The molecule has 0 radical (unpaired) electrons. The van der Waals surface area contributed by atoms with Gasteiger partial charge in [-0.3, -0.25) is 9.48 Å². The number of amides is 1. The van der Waals surface area contributed by atoms with Crippen LogP contribution < -0.4 is 0 Å². The van der Waals surface area contributed by atoms with E-state index in [0.29, 0.717) is 30.1 Å². The maximum absolute atomic E-state index is 12.9. The van der Waals surface area contributed by atoms with Gasteiger partial charge in [-0.2, -0.15) is 5.10 Å². The summed E-state index contributed by atoms with van der Waals surface area (Å²) < 4.78 is 7.29. The van der Waals surface area contributed by atoms with Crippen LogP contribution in [0.15, 0.2) is 34.9 Å². The molecule has 3 aromatic rings. The van der Waals surface area contributed by atoms with E-state index in [9.17, 15) is 4.79 Å². The van der Waals surface area contributed by atoms with Gasteiger partial charge in [0.15, 0.2) is 11.5 Å². The normalized spacial score (nSPS) is 17.8. The van der Waals surface area contributed by atoms with Crippen molar-refractivity contribution in [3.63, 3.8) is 0 Å². The van der Waals surface area contributed by atoms with Gasteiger partial charge in [0, 0.05) is 37.7 Å². The van der Waals surface area contributed by atoms with Crippen molar-refractivity contribution in [3.8, 4) is 0 Å². The molecule has 3 heterocycles. The van der Waals surface area contributed by atoms with Gasteiger partial charge in [0.05, 0.1) is 18.8 Å². The second kappa shape index (κ2) is 6.92. The second-order valence-corrected chi connectivity index (χ2v) is 6.73. The van der Waals surface area contributed by atoms with E-state index in [4.69, 9.17) is 9.52 Å². The van der Waals surface area contributed by atoms with Gasteiger partial charge in [-0.25, -0.2) is 4.98 Å². The fourth-order valence-corrected chi connectivity index (χ4v) is 3.58. The van der Waals surface area contributed by atoms with Gasteiger partial charge in [-0.1, -0.05) is 0 Å². The number of fused-ring (bicyclic) bond motifs is 1. The Balaban J connectivity index is 1.51. The predicted molar refractivity (Wildman–Crippen MR) is 95.9 cm³/mol. The molecule has 1 aliphatic heterocycles. The molecule has 1 N–H and O–H groups in total. The van der Waals surface area contributed by atoms with Crippen LogP contribution in [0.4, 0.5) is 0 Å². The Hall–Kier alpha value is -2.67. The highest BCUT2D eigenvalue weighted by Gasteiger charge is 2.27. The average molecular weight is 354 g/mol. The summed E-state index contributed by atoms with van der Waals surface area (Å²) in [5, 5.41) is 13.6. The number of aryl methyl sites for hydroxylation is 1. The van der Waals surface area contributed by atoms with E-state index in [0.717, 1.165) is 30.6 Å². The van der Waals surface area contributed by atoms with Crippen LogP contribution in [0.25, 0.3) is 11.1 Å². The Labute approximate surface area is 151 Å². The van der Waals surface area contributed by atoms with Crippen molar-refractivity contribution >= 4 is 17.0 Å². The van der Waals surface area contributed by atoms with Crippen molar-refractivity contribution in [1.82, 2.24) is 19.7 Å². The van der Waals surface area contributed by atoms with E-state index in [-0.39, 0.29) is 18.4 Å². The quantitative estimate of drug-likeness (QED) is 0.777. The lowest BCUT2D eigenvalue weighted by atomic mass is 9.94. The van der Waals surface area contributed by atoms with Crippen LogP contribution in [0.3, 0.4) is 0 Å². The first-order valence-corrected chi connectivity index (χ1v) is 8.95. The molecule has 0 saturated carbocycles. The number of aliphatic hydroxyl groups excluding tert-OH is 1. The standard InChI is InChI=1S/C19H22N4O3/c1-13-20-17-5-4-14(11-18(17)26-13)19(25)22-7-2-3-15(12-22)16-6-8-23(21-16)9-10-24/h4-6,8,11,15,24H,2-3,7,9-10,12H2,1H3. The van der Waals surface area contributed by atoms with Crippen molar-refractivity contribution in [2.45, 2.75) is 32.2 Å². The third-order valence-corrected chi connectivity index (χ3v) is 4.86. The predicted octanol–water partition coefficient (Wildman–Crippen LogP) is 2.34. The van der Waals surface area contributed by atoms with Crippen molar-refractivity contribution in [3.05, 3.63) is 47.6 Å². The van der Waals surface area contributed by atoms with E-state index in [1.54, 1.807) is 17.7 Å². The minimum absolute atomic E-state index is 0.0143. The number of benzene rings is 1. The fraction of sp³-hybridized carbons (Fsp3) is 0.421. The molecule has 1 fully saturated rings. The zero-order chi connectivity index (χ0) is 18.1. The Morgan fingerprint density at radius 1 is 1.38 bits per heavy atom. The van der Waals surface area contributed by atoms with Crippen molar-refractivity contribution in [2.75, 3.05) is 19.7 Å². The Morgan fingerprint density at radius 3 is 3.12 bits per heavy atom. The van der Waals surface area contributed by atoms with Crippen molar-refractivity contribution in [2.24, 2.45) is 0 Å². The second-order valence-electron chi connectivity index (χ2n) is 6.73. The Bertz CT molecular complexity index is 930. The Kier molecular flexibility index (Phi) is 4.46. The molecule has 7 heteroatoms. The summed E-state index contributed by atoms with van der Waals surface area (Å²) >= 11 is 0. The molecular weight excluding hydrogens is 332 g/mol. The maximum atomic E-state index is 12.9. The number of carbonyl (C=O) groups is 1. The molecule has 0 bridgehead atoms. The highest BCUT2D eigenvalue weighted by Crippen LogP contribution is 2.27. The van der Waals surface area contributed by atoms with Gasteiger partial charge in [-0.05, 0) is 37.1 Å². The molecule has 1 aromatic carbocycles. The summed E-state index contributed by atoms with van der Waals surface area (Å²) in [5.74, 6) is 0.838. The topological polar surface area (TPSA) is 84.4 Å². The molecule has 1 amide bonds. The summed E-state index contributed by atoms with van der Waals surface area (Å²) in [4.78, 5) is 19.1. The first-order chi connectivity index (χ1) is 12.6. The van der Waals surface area contributed by atoms with Crippen molar-refractivity contribution < 1.29 is 14.3 Å². The minimum atomic E-state index is 0.0143. The number of aliphatic hydroxyl groups is 1. The van der Waals surface area contributed by atoms with Gasteiger partial charge in [0.1, 0.15) is 5.52 Å². The summed E-state index contributed by atoms with van der Waals surface area (Å²) in [7, 11) is 0. The third kappa shape index (κ3) is 3.22. The zero-order valence-electron chi connectivity index (χ0n) is 14.8. The van der Waals surface area contributed by atoms with Gasteiger partial charge >= 0.3 is 0 Å². The smallest absolute Gasteiger partial charge is 0.254 e. The van der Waals surface area contributed by atoms with Crippen LogP contribution in [-0.4, -0.2) is 50.4 Å². The summed E-state index contributed by atoms with van der Waals surface area (Å²) in [5.41, 5.74) is 3.02. The zero-order valence-corrected chi connectivity index (χ0v) is 14.8. The summed E-state index contributed by atoms with van der Waals surface area (Å²) in [6.07, 6.45) is 3.85. The number of carbonyl (C=O) groups excluding carboxylic acids is 1. The van der Waals surface area contributed by atoms with Crippen LogP contribution in [-0.2, 0) is 6.54 Å². The van der Waals surface area contributed by atoms with Crippen LogP contribution in [0, 0.1) is 6.92 Å². The summed E-state index contributed by atoms with van der Waals surface area (Å²) in [6, 6.07) is 7.40. The first kappa shape index (κ1) is 16.8. The number of piperidine rings is 1. The van der Waals surface area contributed by atoms with Gasteiger partial charge in [-0.15, -0.1) is 0 Å². The minimum Gasteiger partial charge on any atom is -0.441 e. The van der Waals surface area contributed by atoms with Crippen molar-refractivity contribution in [1.29, 1.82) is 0 Å². The number of likely N-dealkylation sites (tertiary alicyclic amines) is 1. The van der Waals surface area contributed by atoms with E-state index >= 15 is 0 Å². The molecule has 0 spiro atoms. The Morgan fingerprint density at radius 2 is 2.27 bits per heavy atom. The highest BCUT2D eigenvalue weighted by molar-refractivity contribution is 5.97. The molecule has 0 aliphatic carbocycles. The highest BCUT2D eigenvalue weighted by atomic mass is 16.3. The maximum Gasteiger partial charge on any atom is 0.254 e. The van der Waals surface area contributed by atoms with Gasteiger partial charge < -0.3 is 14.4 Å². The van der Waals surface area contributed by atoms with Gasteiger partial charge in [0.2, 0.25) is 0 Å². The molecule has 1 unspecified atom stereocenters. The van der Waals surface area contributed by atoms with E-state index in [1.165, 1.54) is 0 Å². The van der Waals surface area contributed by atoms with Gasteiger partial charge in [0.25, 0.3) is 5.91 Å². The lowest BCUT2D eigenvalue weighted by molar-refractivity contribution is 0.0705. The molecule has 2 aromatic heterocycles. The van der Waals surface area contributed by atoms with Crippen LogP contribution in [0.5, 0.6) is 0 Å². The fourth-order valence-electron chi connectivity index (χ4n) is 3.58. The number of hydrogen-bond acceptors (Lipinski definition) is 5. The van der Waals surface area contributed by atoms with E-state index < -0.39 is 0 Å².